The van der Waals surface area contributed by atoms with Crippen molar-refractivity contribution in [1.29, 1.82) is 0 Å². The van der Waals surface area contributed by atoms with Gasteiger partial charge in [-0.2, -0.15) is 0 Å². The number of nitrogens with two attached hydrogens (primary N) is 1. The second-order valence-electron chi connectivity index (χ2n) is 4.01. The Bertz CT molecular complexity index is 310. The van der Waals surface area contributed by atoms with E-state index in [9.17, 15) is 0 Å². The Morgan fingerprint density at radius 2 is 2.25 bits per heavy atom. The second kappa shape index (κ2) is 2.09. The molecule has 3 heteroatoms. The predicted molar refractivity (Wildman–Crippen MR) is 49.2 cm³/mol. The first-order valence-corrected chi connectivity index (χ1v) is 5.41. The molecule has 1 aromatic heterocycles. The highest BCUT2D eigenvalue weighted by molar-refractivity contribution is 7.09. The van der Waals surface area contributed by atoms with E-state index in [4.69, 9.17) is 5.73 Å². The minimum Gasteiger partial charge on any atom is -0.319 e. The zero-order valence-corrected chi connectivity index (χ0v) is 7.73. The van der Waals surface area contributed by atoms with E-state index in [1.807, 2.05) is 0 Å². The number of rotatable bonds is 2. The molecule has 0 saturated heterocycles. The van der Waals surface area contributed by atoms with Crippen molar-refractivity contribution in [3.8, 4) is 0 Å². The summed E-state index contributed by atoms with van der Waals surface area (Å²) in [5.41, 5.74) is 7.33. The standard InChI is InChI=1S/C9H12N2S/c10-9(3-4-9)8-11-7(5-12-8)6-1-2-6/h5-6H,1-4,10H2. The van der Waals surface area contributed by atoms with E-state index in [2.05, 4.69) is 10.4 Å². The van der Waals surface area contributed by atoms with Gasteiger partial charge in [0.1, 0.15) is 5.01 Å². The van der Waals surface area contributed by atoms with Gasteiger partial charge in [-0.15, -0.1) is 11.3 Å². The van der Waals surface area contributed by atoms with Crippen molar-refractivity contribution in [1.82, 2.24) is 4.98 Å². The Morgan fingerprint density at radius 3 is 2.83 bits per heavy atom. The van der Waals surface area contributed by atoms with E-state index in [-0.39, 0.29) is 5.54 Å². The zero-order valence-electron chi connectivity index (χ0n) is 6.92. The largest absolute Gasteiger partial charge is 0.319 e. The first-order chi connectivity index (χ1) is 5.78. The van der Waals surface area contributed by atoms with Gasteiger partial charge in [-0.25, -0.2) is 4.98 Å². The molecule has 0 unspecified atom stereocenters. The molecule has 0 aliphatic heterocycles. The Morgan fingerprint density at radius 1 is 1.50 bits per heavy atom. The molecule has 2 aliphatic carbocycles. The van der Waals surface area contributed by atoms with E-state index in [0.717, 1.165) is 18.8 Å². The van der Waals surface area contributed by atoms with Gasteiger partial charge in [0.25, 0.3) is 0 Å². The lowest BCUT2D eigenvalue weighted by atomic mass is 10.3. The van der Waals surface area contributed by atoms with Crippen molar-refractivity contribution >= 4 is 11.3 Å². The molecule has 2 aliphatic rings. The SMILES string of the molecule is NC1(c2nc(C3CC3)cs2)CC1. The van der Waals surface area contributed by atoms with Gasteiger partial charge in [0.2, 0.25) is 0 Å². The van der Waals surface area contributed by atoms with E-state index < -0.39 is 0 Å². The van der Waals surface area contributed by atoms with Crippen molar-refractivity contribution in [2.24, 2.45) is 5.73 Å². The number of hydrogen-bond donors (Lipinski definition) is 1. The Kier molecular flexibility index (Phi) is 1.23. The van der Waals surface area contributed by atoms with Gasteiger partial charge in [-0.1, -0.05) is 0 Å². The summed E-state index contributed by atoms with van der Waals surface area (Å²) in [5.74, 6) is 0.775. The summed E-state index contributed by atoms with van der Waals surface area (Å²) in [6.07, 6.45) is 4.93. The first kappa shape index (κ1) is 7.04. The summed E-state index contributed by atoms with van der Waals surface area (Å²) in [5, 5.41) is 3.37. The summed E-state index contributed by atoms with van der Waals surface area (Å²) in [4.78, 5) is 4.60. The summed E-state index contributed by atoms with van der Waals surface area (Å²) < 4.78 is 0. The maximum absolute atomic E-state index is 6.05. The molecular weight excluding hydrogens is 168 g/mol. The lowest BCUT2D eigenvalue weighted by molar-refractivity contribution is 0.725. The molecule has 0 spiro atoms. The topological polar surface area (TPSA) is 38.9 Å². The van der Waals surface area contributed by atoms with Crippen LogP contribution in [0.3, 0.4) is 0 Å². The van der Waals surface area contributed by atoms with E-state index in [1.165, 1.54) is 23.5 Å². The monoisotopic (exact) mass is 180 g/mol. The summed E-state index contributed by atoms with van der Waals surface area (Å²) >= 11 is 1.75. The maximum atomic E-state index is 6.05. The molecule has 0 bridgehead atoms. The highest BCUT2D eigenvalue weighted by Gasteiger charge is 2.43. The van der Waals surface area contributed by atoms with Crippen LogP contribution in [0.5, 0.6) is 0 Å². The van der Waals surface area contributed by atoms with Crippen LogP contribution < -0.4 is 5.73 Å². The highest BCUT2D eigenvalue weighted by atomic mass is 32.1. The van der Waals surface area contributed by atoms with Gasteiger partial charge in [-0.05, 0) is 25.7 Å². The van der Waals surface area contributed by atoms with Crippen LogP contribution in [-0.2, 0) is 5.54 Å². The van der Waals surface area contributed by atoms with Crippen LogP contribution in [0.1, 0.15) is 42.3 Å². The smallest absolute Gasteiger partial charge is 0.113 e. The van der Waals surface area contributed by atoms with Crippen LogP contribution in [0.4, 0.5) is 0 Å². The van der Waals surface area contributed by atoms with Gasteiger partial charge < -0.3 is 5.73 Å². The van der Waals surface area contributed by atoms with Crippen LogP contribution in [-0.4, -0.2) is 4.98 Å². The molecule has 0 amide bonds. The van der Waals surface area contributed by atoms with Gasteiger partial charge in [0.15, 0.2) is 0 Å². The molecule has 2 saturated carbocycles. The number of aromatic nitrogens is 1. The lowest BCUT2D eigenvalue weighted by Crippen LogP contribution is -2.18. The minimum atomic E-state index is -0.0161. The van der Waals surface area contributed by atoms with Gasteiger partial charge in [0, 0.05) is 11.3 Å². The second-order valence-corrected chi connectivity index (χ2v) is 4.87. The predicted octanol–water partition coefficient (Wildman–Crippen LogP) is 1.97. The fourth-order valence-corrected chi connectivity index (χ4v) is 2.50. The molecule has 1 aromatic rings. The number of hydrogen-bond acceptors (Lipinski definition) is 3. The summed E-state index contributed by atoms with van der Waals surface area (Å²) in [6.45, 7) is 0. The Balaban J connectivity index is 1.91. The molecule has 3 rings (SSSR count). The third-order valence-corrected chi connectivity index (χ3v) is 3.81. The normalized spacial score (nSPS) is 25.8. The van der Waals surface area contributed by atoms with Crippen LogP contribution in [0.15, 0.2) is 5.38 Å². The molecule has 64 valence electrons. The fourth-order valence-electron chi connectivity index (χ4n) is 1.43. The summed E-state index contributed by atoms with van der Waals surface area (Å²) in [7, 11) is 0. The first-order valence-electron chi connectivity index (χ1n) is 4.53. The van der Waals surface area contributed by atoms with Gasteiger partial charge in [-0.3, -0.25) is 0 Å². The van der Waals surface area contributed by atoms with Crippen molar-refractivity contribution in [2.75, 3.05) is 0 Å². The molecule has 0 aromatic carbocycles. The van der Waals surface area contributed by atoms with Crippen LogP contribution >= 0.6 is 11.3 Å². The van der Waals surface area contributed by atoms with E-state index in [1.54, 1.807) is 11.3 Å². The van der Waals surface area contributed by atoms with Crippen LogP contribution in [0, 0.1) is 0 Å². The third kappa shape index (κ3) is 1.00. The zero-order chi connectivity index (χ0) is 8.18. The highest BCUT2D eigenvalue weighted by Crippen LogP contribution is 2.46. The van der Waals surface area contributed by atoms with Crippen LogP contribution in [0.25, 0.3) is 0 Å². The number of nitrogens with zero attached hydrogens (tertiary/aromatic N) is 1. The van der Waals surface area contributed by atoms with Crippen molar-refractivity contribution in [2.45, 2.75) is 37.1 Å². The van der Waals surface area contributed by atoms with E-state index >= 15 is 0 Å². The average Bonchev–Trinajstić information content (AvgIpc) is 2.97. The third-order valence-electron chi connectivity index (χ3n) is 2.73. The molecule has 2 N–H and O–H groups in total. The van der Waals surface area contributed by atoms with E-state index in [0.29, 0.717) is 0 Å². The Hall–Kier alpha value is -0.410. The lowest BCUT2D eigenvalue weighted by Gasteiger charge is -2.01. The number of thiazole rings is 1. The minimum absolute atomic E-state index is 0.0161. The summed E-state index contributed by atoms with van der Waals surface area (Å²) in [6, 6.07) is 0. The van der Waals surface area contributed by atoms with Crippen molar-refractivity contribution < 1.29 is 0 Å². The molecule has 1 heterocycles. The molecule has 2 fully saturated rings. The van der Waals surface area contributed by atoms with Crippen LogP contribution in [0.2, 0.25) is 0 Å². The quantitative estimate of drug-likeness (QED) is 0.755. The molecular formula is C9H12N2S. The molecule has 12 heavy (non-hydrogen) atoms. The van der Waals surface area contributed by atoms with Crippen molar-refractivity contribution in [3.63, 3.8) is 0 Å². The fraction of sp³-hybridized carbons (Fsp3) is 0.667. The molecule has 2 nitrogen and oxygen atoms in total. The average molecular weight is 180 g/mol. The Labute approximate surface area is 75.8 Å². The van der Waals surface area contributed by atoms with Gasteiger partial charge >= 0.3 is 0 Å². The van der Waals surface area contributed by atoms with Gasteiger partial charge in [0.05, 0.1) is 11.2 Å². The van der Waals surface area contributed by atoms with Crippen molar-refractivity contribution in [3.05, 3.63) is 16.1 Å². The molecule has 0 atom stereocenters. The maximum Gasteiger partial charge on any atom is 0.113 e. The molecule has 0 radical (unpaired) electrons.